The van der Waals surface area contributed by atoms with Crippen LogP contribution in [0.15, 0.2) is 48.3 Å². The average molecular weight is 331 g/mol. The molecule has 0 aromatic heterocycles. The normalized spacial score (nSPS) is 25.1. The van der Waals surface area contributed by atoms with Crippen LogP contribution in [0.4, 0.5) is 0 Å². The molecular weight excluding hydrogens is 306 g/mol. The Kier molecular flexibility index (Phi) is 5.75. The highest BCUT2D eigenvalue weighted by Crippen LogP contribution is 2.31. The van der Waals surface area contributed by atoms with Gasteiger partial charge in [0.05, 0.1) is 18.6 Å². The third-order valence-electron chi connectivity index (χ3n) is 4.63. The van der Waals surface area contributed by atoms with Gasteiger partial charge in [0, 0.05) is 6.54 Å². The second-order valence-corrected chi connectivity index (χ2v) is 6.24. The molecule has 0 aromatic rings. The molecule has 0 saturated carbocycles. The van der Waals surface area contributed by atoms with Crippen molar-refractivity contribution in [3.05, 3.63) is 48.3 Å². The maximum Gasteiger partial charge on any atom is 0.310 e. The van der Waals surface area contributed by atoms with Crippen LogP contribution in [-0.2, 0) is 19.0 Å². The zero-order chi connectivity index (χ0) is 16.8. The van der Waals surface area contributed by atoms with Gasteiger partial charge in [0.2, 0.25) is 0 Å². The molecule has 5 heteroatoms. The van der Waals surface area contributed by atoms with Crippen LogP contribution in [0.1, 0.15) is 32.6 Å². The minimum atomic E-state index is -0.0897. The fraction of sp³-hybridized carbons (Fsp3) is 0.526. The molecule has 0 aromatic carbocycles. The van der Waals surface area contributed by atoms with Crippen molar-refractivity contribution in [1.82, 2.24) is 4.90 Å². The molecule has 3 aliphatic rings. The lowest BCUT2D eigenvalue weighted by molar-refractivity contribution is -0.150. The summed E-state index contributed by atoms with van der Waals surface area (Å²) < 4.78 is 16.3. The number of allylic oxidation sites excluding steroid dienone is 3. The van der Waals surface area contributed by atoms with E-state index in [9.17, 15) is 4.79 Å². The first-order valence-electron chi connectivity index (χ1n) is 8.73. The quantitative estimate of drug-likeness (QED) is 0.724. The molecule has 2 heterocycles. The number of ether oxygens (including phenoxy) is 3. The van der Waals surface area contributed by atoms with E-state index in [1.165, 1.54) is 11.8 Å². The average Bonchev–Trinajstić information content (AvgIpc) is 2.64. The molecule has 130 valence electrons. The van der Waals surface area contributed by atoms with E-state index in [2.05, 4.69) is 23.1 Å². The summed E-state index contributed by atoms with van der Waals surface area (Å²) in [4.78, 5) is 14.5. The van der Waals surface area contributed by atoms with Crippen LogP contribution < -0.4 is 0 Å². The van der Waals surface area contributed by atoms with Crippen molar-refractivity contribution in [3.8, 4) is 0 Å². The van der Waals surface area contributed by atoms with E-state index in [0.717, 1.165) is 38.0 Å². The zero-order valence-electron chi connectivity index (χ0n) is 14.1. The van der Waals surface area contributed by atoms with Gasteiger partial charge in [-0.05, 0) is 44.7 Å². The van der Waals surface area contributed by atoms with Crippen LogP contribution >= 0.6 is 0 Å². The summed E-state index contributed by atoms with van der Waals surface area (Å²) in [7, 11) is 0. The number of piperidine rings is 1. The standard InChI is InChI=1S/C19H25NO4/c1-2-23-19(21)16-9-6-10-20(13-16)18(15-7-4-3-5-8-15)17-14-22-11-12-24-17/h3-4,7,11-12,14,16,18H,2,5-6,8-10,13H2,1H3. The summed E-state index contributed by atoms with van der Waals surface area (Å²) in [6.07, 6.45) is 15.1. The number of hydrogen-bond donors (Lipinski definition) is 0. The lowest BCUT2D eigenvalue weighted by Crippen LogP contribution is -2.47. The second-order valence-electron chi connectivity index (χ2n) is 6.24. The number of nitrogens with zero attached hydrogens (tertiary/aromatic N) is 1. The minimum absolute atomic E-state index is 0.0112. The zero-order valence-corrected chi connectivity index (χ0v) is 14.1. The number of likely N-dealkylation sites (tertiary alicyclic amines) is 1. The van der Waals surface area contributed by atoms with Gasteiger partial charge in [0.1, 0.15) is 18.8 Å². The summed E-state index contributed by atoms with van der Waals surface area (Å²) >= 11 is 0. The van der Waals surface area contributed by atoms with Crippen molar-refractivity contribution >= 4 is 5.97 Å². The monoisotopic (exact) mass is 331 g/mol. The molecular formula is C19H25NO4. The molecule has 2 aliphatic heterocycles. The van der Waals surface area contributed by atoms with Gasteiger partial charge in [-0.3, -0.25) is 9.69 Å². The molecule has 5 nitrogen and oxygen atoms in total. The maximum atomic E-state index is 12.2. The van der Waals surface area contributed by atoms with Gasteiger partial charge in [0.25, 0.3) is 0 Å². The van der Waals surface area contributed by atoms with Gasteiger partial charge in [-0.15, -0.1) is 0 Å². The SMILES string of the molecule is CCOC(=O)C1CCCN(C(C2=CC=CCC2)C2=COC=CO2)C1. The third kappa shape index (κ3) is 3.90. The van der Waals surface area contributed by atoms with Gasteiger partial charge in [-0.25, -0.2) is 0 Å². The van der Waals surface area contributed by atoms with Gasteiger partial charge < -0.3 is 14.2 Å². The van der Waals surface area contributed by atoms with E-state index in [1.54, 1.807) is 12.5 Å². The molecule has 1 fully saturated rings. The van der Waals surface area contributed by atoms with Crippen molar-refractivity contribution in [1.29, 1.82) is 0 Å². The number of hydrogen-bond acceptors (Lipinski definition) is 5. The minimum Gasteiger partial charge on any atom is -0.466 e. The van der Waals surface area contributed by atoms with Crippen LogP contribution in [-0.4, -0.2) is 36.6 Å². The van der Waals surface area contributed by atoms with E-state index in [-0.39, 0.29) is 17.9 Å². The Morgan fingerprint density at radius 3 is 3.08 bits per heavy atom. The molecule has 2 unspecified atom stereocenters. The van der Waals surface area contributed by atoms with E-state index in [1.807, 2.05) is 6.92 Å². The molecule has 2 atom stereocenters. The fourth-order valence-electron chi connectivity index (χ4n) is 3.54. The van der Waals surface area contributed by atoms with Crippen LogP contribution in [0, 0.1) is 5.92 Å². The van der Waals surface area contributed by atoms with Crippen LogP contribution in [0.5, 0.6) is 0 Å². The molecule has 1 saturated heterocycles. The van der Waals surface area contributed by atoms with Gasteiger partial charge >= 0.3 is 5.97 Å². The van der Waals surface area contributed by atoms with Crippen LogP contribution in [0.2, 0.25) is 0 Å². The van der Waals surface area contributed by atoms with Crippen molar-refractivity contribution in [2.45, 2.75) is 38.6 Å². The van der Waals surface area contributed by atoms with Crippen molar-refractivity contribution < 1.29 is 19.0 Å². The van der Waals surface area contributed by atoms with Crippen molar-refractivity contribution in [2.24, 2.45) is 5.92 Å². The van der Waals surface area contributed by atoms with Crippen LogP contribution in [0.3, 0.4) is 0 Å². The summed E-state index contributed by atoms with van der Waals surface area (Å²) in [6.45, 7) is 3.91. The second kappa shape index (κ2) is 8.20. The Labute approximate surface area is 143 Å². The highest BCUT2D eigenvalue weighted by Gasteiger charge is 2.35. The smallest absolute Gasteiger partial charge is 0.310 e. The predicted octanol–water partition coefficient (Wildman–Crippen LogP) is 3.27. The number of rotatable bonds is 5. The molecule has 0 amide bonds. The molecule has 0 N–H and O–H groups in total. The Bertz CT molecular complexity index is 576. The Hall–Kier alpha value is -2.01. The summed E-state index contributed by atoms with van der Waals surface area (Å²) in [6, 6.07) is 0.0112. The van der Waals surface area contributed by atoms with E-state index < -0.39 is 0 Å². The fourth-order valence-corrected chi connectivity index (χ4v) is 3.54. The summed E-state index contributed by atoms with van der Waals surface area (Å²) in [5.41, 5.74) is 1.30. The summed E-state index contributed by atoms with van der Waals surface area (Å²) in [5, 5.41) is 0. The van der Waals surface area contributed by atoms with Gasteiger partial charge in [0.15, 0.2) is 5.76 Å². The molecule has 0 radical (unpaired) electrons. The highest BCUT2D eigenvalue weighted by atomic mass is 16.5. The Morgan fingerprint density at radius 2 is 2.38 bits per heavy atom. The van der Waals surface area contributed by atoms with E-state index in [0.29, 0.717) is 13.2 Å². The first-order chi connectivity index (χ1) is 11.8. The topological polar surface area (TPSA) is 48.0 Å². The first kappa shape index (κ1) is 16.8. The molecule has 0 spiro atoms. The van der Waals surface area contributed by atoms with E-state index in [4.69, 9.17) is 14.2 Å². The van der Waals surface area contributed by atoms with E-state index >= 15 is 0 Å². The lowest BCUT2D eigenvalue weighted by Gasteiger charge is -2.39. The Morgan fingerprint density at radius 1 is 1.46 bits per heavy atom. The number of carbonyl (C=O) groups excluding carboxylic acids is 1. The van der Waals surface area contributed by atoms with Gasteiger partial charge in [-0.1, -0.05) is 18.2 Å². The highest BCUT2D eigenvalue weighted by molar-refractivity contribution is 5.72. The third-order valence-corrected chi connectivity index (χ3v) is 4.63. The molecule has 3 rings (SSSR count). The van der Waals surface area contributed by atoms with Crippen molar-refractivity contribution in [2.75, 3.05) is 19.7 Å². The maximum absolute atomic E-state index is 12.2. The molecule has 24 heavy (non-hydrogen) atoms. The van der Waals surface area contributed by atoms with Gasteiger partial charge in [-0.2, -0.15) is 0 Å². The predicted molar refractivity (Wildman–Crippen MR) is 90.6 cm³/mol. The number of esters is 1. The molecule has 1 aliphatic carbocycles. The Balaban J connectivity index is 1.79. The number of carbonyl (C=O) groups is 1. The van der Waals surface area contributed by atoms with Crippen molar-refractivity contribution in [3.63, 3.8) is 0 Å². The first-order valence-corrected chi connectivity index (χ1v) is 8.73. The van der Waals surface area contributed by atoms with Crippen LogP contribution in [0.25, 0.3) is 0 Å². The largest absolute Gasteiger partial charge is 0.466 e. The molecule has 0 bridgehead atoms. The summed E-state index contributed by atoms with van der Waals surface area (Å²) in [5.74, 6) is 0.623. The lowest BCUT2D eigenvalue weighted by atomic mass is 9.91.